The number of rotatable bonds is 0. The van der Waals surface area contributed by atoms with E-state index in [-0.39, 0.29) is 0 Å². The first-order chi connectivity index (χ1) is 6.21. The summed E-state index contributed by atoms with van der Waals surface area (Å²) in [7, 11) is 0. The van der Waals surface area contributed by atoms with Crippen molar-refractivity contribution in [3.8, 4) is 0 Å². The number of hydrogen-bond acceptors (Lipinski definition) is 0. The molecule has 0 aromatic heterocycles. The van der Waals surface area contributed by atoms with Crippen molar-refractivity contribution in [1.29, 1.82) is 0 Å². The highest BCUT2D eigenvalue weighted by molar-refractivity contribution is 9.10. The van der Waals surface area contributed by atoms with E-state index in [9.17, 15) is 0 Å². The fourth-order valence-electron chi connectivity index (χ4n) is 1.95. The van der Waals surface area contributed by atoms with Crippen LogP contribution in [-0.4, -0.2) is 0 Å². The first kappa shape index (κ1) is 7.84. The molecule has 0 bridgehead atoms. The van der Waals surface area contributed by atoms with E-state index in [4.69, 9.17) is 11.6 Å². The Morgan fingerprint density at radius 1 is 1.00 bits per heavy atom. The lowest BCUT2D eigenvalue weighted by molar-refractivity contribution is 1.05. The summed E-state index contributed by atoms with van der Waals surface area (Å²) in [6.07, 6.45) is 0. The van der Waals surface area contributed by atoms with Crippen molar-refractivity contribution < 1.29 is 0 Å². The molecule has 2 aromatic rings. The van der Waals surface area contributed by atoms with Gasteiger partial charge in [-0.3, -0.25) is 0 Å². The van der Waals surface area contributed by atoms with E-state index in [0.717, 1.165) is 0 Å². The maximum Gasteiger partial charge on any atom is 0.150 e. The molecule has 0 atom stereocenters. The first-order valence-electron chi connectivity index (χ1n) is 4.12. The summed E-state index contributed by atoms with van der Waals surface area (Å²) in [6, 6.07) is 12.4. The predicted octanol–water partition coefficient (Wildman–Crippen LogP) is 3.99. The third-order valence-electron chi connectivity index (χ3n) is 2.58. The van der Waals surface area contributed by atoms with Gasteiger partial charge in [-0.1, -0.05) is 63.9 Å². The quantitative estimate of drug-likeness (QED) is 0.623. The summed E-state index contributed by atoms with van der Waals surface area (Å²) in [5, 5.41) is 2.57. The van der Waals surface area contributed by atoms with Crippen LogP contribution < -0.4 is 0 Å². The number of alkyl halides is 2. The summed E-state index contributed by atoms with van der Waals surface area (Å²) in [5.41, 5.74) is 2.37. The van der Waals surface area contributed by atoms with E-state index in [1.54, 1.807) is 0 Å². The Balaban J connectivity index is 2.53. The van der Waals surface area contributed by atoms with Crippen LogP contribution in [0.2, 0.25) is 0 Å². The van der Waals surface area contributed by atoms with Crippen LogP contribution in [0.25, 0.3) is 10.8 Å². The van der Waals surface area contributed by atoms with Gasteiger partial charge in [0, 0.05) is 0 Å². The molecule has 0 radical (unpaired) electrons. The van der Waals surface area contributed by atoms with Gasteiger partial charge in [0.05, 0.1) is 0 Å². The van der Waals surface area contributed by atoms with Gasteiger partial charge in [0.25, 0.3) is 0 Å². The second-order valence-corrected chi connectivity index (χ2v) is 5.50. The Labute approximate surface area is 89.6 Å². The van der Waals surface area contributed by atoms with Gasteiger partial charge in [0.2, 0.25) is 0 Å². The normalized spacial score (nSPS) is 17.1. The Bertz CT molecular complexity index is 462. The average Bonchev–Trinajstić information content (AvgIpc) is 2.16. The van der Waals surface area contributed by atoms with Crippen LogP contribution in [0.5, 0.6) is 0 Å². The monoisotopic (exact) mass is 252 g/mol. The highest BCUT2D eigenvalue weighted by Crippen LogP contribution is 2.55. The van der Waals surface area contributed by atoms with Crippen LogP contribution in [0.15, 0.2) is 36.4 Å². The van der Waals surface area contributed by atoms with Crippen molar-refractivity contribution in [2.45, 2.75) is 3.78 Å². The lowest BCUT2D eigenvalue weighted by Crippen LogP contribution is -2.22. The highest BCUT2D eigenvalue weighted by atomic mass is 79.9. The van der Waals surface area contributed by atoms with Gasteiger partial charge < -0.3 is 0 Å². The minimum Gasteiger partial charge on any atom is -0.0960 e. The van der Waals surface area contributed by atoms with Gasteiger partial charge in [-0.25, -0.2) is 0 Å². The van der Waals surface area contributed by atoms with E-state index in [2.05, 4.69) is 40.2 Å². The fourth-order valence-corrected chi connectivity index (χ4v) is 2.92. The summed E-state index contributed by atoms with van der Waals surface area (Å²) in [5.74, 6) is 0. The van der Waals surface area contributed by atoms with Crippen molar-refractivity contribution in [1.82, 2.24) is 0 Å². The standard InChI is InChI=1S/C11H6BrCl/c12-11(13)8-5-1-3-7-4-2-6-9(11)10(7)8/h1-6H. The minimum absolute atomic E-state index is 0.441. The molecular weight excluding hydrogens is 247 g/mol. The molecule has 0 aliphatic heterocycles. The first-order valence-corrected chi connectivity index (χ1v) is 5.29. The maximum absolute atomic E-state index is 6.32. The Morgan fingerprint density at radius 2 is 1.54 bits per heavy atom. The maximum atomic E-state index is 6.32. The zero-order chi connectivity index (χ0) is 9.05. The molecule has 0 saturated carbocycles. The van der Waals surface area contributed by atoms with Crippen LogP contribution in [0.1, 0.15) is 11.1 Å². The topological polar surface area (TPSA) is 0 Å². The SMILES string of the molecule is ClC1(Br)c2cccc3cccc1c23. The molecular formula is C11H6BrCl. The van der Waals surface area contributed by atoms with Gasteiger partial charge in [-0.05, 0) is 21.9 Å². The zero-order valence-electron chi connectivity index (χ0n) is 6.72. The Kier molecular flexibility index (Phi) is 1.38. The van der Waals surface area contributed by atoms with Crippen molar-refractivity contribution in [3.05, 3.63) is 47.5 Å². The molecule has 2 heteroatoms. The largest absolute Gasteiger partial charge is 0.150 e. The Hall–Kier alpha value is -0.530. The fraction of sp³-hybridized carbons (Fsp3) is 0.0909. The lowest BCUT2D eigenvalue weighted by atomic mass is 9.84. The van der Waals surface area contributed by atoms with Crippen LogP contribution >= 0.6 is 27.5 Å². The average molecular weight is 254 g/mol. The zero-order valence-corrected chi connectivity index (χ0v) is 9.06. The Morgan fingerprint density at radius 3 is 2.08 bits per heavy atom. The van der Waals surface area contributed by atoms with Gasteiger partial charge >= 0.3 is 0 Å². The van der Waals surface area contributed by atoms with E-state index >= 15 is 0 Å². The molecule has 13 heavy (non-hydrogen) atoms. The molecule has 0 amide bonds. The number of halogens is 2. The van der Waals surface area contributed by atoms with Crippen molar-refractivity contribution in [2.75, 3.05) is 0 Å². The number of benzene rings is 2. The molecule has 0 fully saturated rings. The second-order valence-electron chi connectivity index (χ2n) is 3.28. The molecule has 0 nitrogen and oxygen atoms in total. The van der Waals surface area contributed by atoms with E-state index in [1.165, 1.54) is 21.9 Å². The molecule has 0 heterocycles. The van der Waals surface area contributed by atoms with E-state index in [1.807, 2.05) is 12.1 Å². The van der Waals surface area contributed by atoms with E-state index in [0.29, 0.717) is 0 Å². The minimum atomic E-state index is -0.441. The van der Waals surface area contributed by atoms with Crippen LogP contribution in [0.4, 0.5) is 0 Å². The molecule has 1 aliphatic carbocycles. The van der Waals surface area contributed by atoms with Crippen LogP contribution in [0.3, 0.4) is 0 Å². The smallest absolute Gasteiger partial charge is 0.0960 e. The molecule has 1 aliphatic rings. The molecule has 3 rings (SSSR count). The summed E-state index contributed by atoms with van der Waals surface area (Å²) >= 11 is 9.84. The summed E-state index contributed by atoms with van der Waals surface area (Å²) < 4.78 is -0.441. The third-order valence-corrected chi connectivity index (χ3v) is 3.84. The summed E-state index contributed by atoms with van der Waals surface area (Å²) in [6.45, 7) is 0. The van der Waals surface area contributed by atoms with Gasteiger partial charge in [-0.2, -0.15) is 0 Å². The van der Waals surface area contributed by atoms with Crippen molar-refractivity contribution >= 4 is 38.3 Å². The van der Waals surface area contributed by atoms with Crippen LogP contribution in [0, 0.1) is 0 Å². The molecule has 64 valence electrons. The van der Waals surface area contributed by atoms with Crippen molar-refractivity contribution in [2.24, 2.45) is 0 Å². The molecule has 0 N–H and O–H groups in total. The van der Waals surface area contributed by atoms with E-state index < -0.39 is 3.78 Å². The molecule has 0 spiro atoms. The van der Waals surface area contributed by atoms with Gasteiger partial charge in [0.1, 0.15) is 0 Å². The van der Waals surface area contributed by atoms with Gasteiger partial charge in [0.15, 0.2) is 3.78 Å². The van der Waals surface area contributed by atoms with Crippen LogP contribution in [-0.2, 0) is 3.78 Å². The summed E-state index contributed by atoms with van der Waals surface area (Å²) in [4.78, 5) is 0. The molecule has 0 unspecified atom stereocenters. The second kappa shape index (κ2) is 2.28. The molecule has 0 saturated heterocycles. The lowest BCUT2D eigenvalue weighted by Gasteiger charge is -2.33. The third kappa shape index (κ3) is 0.818. The highest BCUT2D eigenvalue weighted by Gasteiger charge is 2.40. The number of hydrogen-bond donors (Lipinski definition) is 0. The predicted molar refractivity (Wildman–Crippen MR) is 59.5 cm³/mol. The van der Waals surface area contributed by atoms with Gasteiger partial charge in [-0.15, -0.1) is 0 Å². The molecule has 2 aromatic carbocycles. The van der Waals surface area contributed by atoms with Crippen molar-refractivity contribution in [3.63, 3.8) is 0 Å².